The number of likely N-dealkylation sites (N-methyl/N-ethyl adjacent to an activating group) is 1. The molecule has 0 aliphatic carbocycles. The quantitative estimate of drug-likeness (QED) is 0.621. The molecule has 0 atom stereocenters. The van der Waals surface area contributed by atoms with E-state index >= 15 is 0 Å². The van der Waals surface area contributed by atoms with E-state index in [4.69, 9.17) is 10.00 Å². The third-order valence-electron chi connectivity index (χ3n) is 3.29. The number of nitriles is 1. The van der Waals surface area contributed by atoms with Gasteiger partial charge in [-0.1, -0.05) is 19.1 Å². The van der Waals surface area contributed by atoms with Crippen LogP contribution in [-0.2, 0) is 0 Å². The Hall–Kier alpha value is -1.57. The average Bonchev–Trinajstić information content (AvgIpc) is 2.49. The lowest BCUT2D eigenvalue weighted by atomic mass is 10.2. The normalized spacial score (nSPS) is 10.9. The molecule has 4 nitrogen and oxygen atoms in total. The van der Waals surface area contributed by atoms with Crippen molar-refractivity contribution in [3.8, 4) is 11.8 Å². The van der Waals surface area contributed by atoms with Gasteiger partial charge in [-0.15, -0.1) is 0 Å². The predicted molar refractivity (Wildman–Crippen MR) is 86.6 cm³/mol. The molecule has 0 fully saturated rings. The molecule has 0 aromatic heterocycles. The van der Waals surface area contributed by atoms with Gasteiger partial charge in [0.05, 0.1) is 12.2 Å². The molecule has 1 aromatic rings. The third-order valence-corrected chi connectivity index (χ3v) is 3.29. The second-order valence-electron chi connectivity index (χ2n) is 5.45. The van der Waals surface area contributed by atoms with Crippen LogP contribution in [0.3, 0.4) is 0 Å². The summed E-state index contributed by atoms with van der Waals surface area (Å²) >= 11 is 0. The van der Waals surface area contributed by atoms with E-state index < -0.39 is 0 Å². The molecule has 0 aliphatic rings. The highest BCUT2D eigenvalue weighted by Gasteiger charge is 2.05. The Morgan fingerprint density at radius 3 is 2.52 bits per heavy atom. The second kappa shape index (κ2) is 10.2. The molecule has 0 saturated heterocycles. The van der Waals surface area contributed by atoms with Gasteiger partial charge >= 0.3 is 0 Å². The Morgan fingerprint density at radius 1 is 1.10 bits per heavy atom. The number of ether oxygens (including phenoxy) is 1. The van der Waals surface area contributed by atoms with Gasteiger partial charge in [0, 0.05) is 19.6 Å². The topological polar surface area (TPSA) is 39.5 Å². The van der Waals surface area contributed by atoms with Crippen LogP contribution in [0.5, 0.6) is 5.75 Å². The van der Waals surface area contributed by atoms with E-state index in [0.717, 1.165) is 32.6 Å². The van der Waals surface area contributed by atoms with Crippen LogP contribution >= 0.6 is 0 Å². The van der Waals surface area contributed by atoms with Crippen LogP contribution < -0.4 is 4.74 Å². The van der Waals surface area contributed by atoms with E-state index in [9.17, 15) is 0 Å². The molecule has 0 spiro atoms. The lowest BCUT2D eigenvalue weighted by molar-refractivity contribution is 0.216. The van der Waals surface area contributed by atoms with Crippen molar-refractivity contribution in [3.63, 3.8) is 0 Å². The summed E-state index contributed by atoms with van der Waals surface area (Å²) in [7, 11) is 4.21. The molecule has 1 aromatic carbocycles. The number of para-hydroxylation sites is 1. The van der Waals surface area contributed by atoms with Crippen molar-refractivity contribution in [2.75, 3.05) is 46.9 Å². The molecule has 0 saturated carbocycles. The largest absolute Gasteiger partial charge is 0.492 e. The molecule has 21 heavy (non-hydrogen) atoms. The first kappa shape index (κ1) is 17.5. The highest BCUT2D eigenvalue weighted by atomic mass is 16.5. The summed E-state index contributed by atoms with van der Waals surface area (Å²) in [5.41, 5.74) is 0.607. The molecule has 0 heterocycles. The molecular weight excluding hydrogens is 262 g/mol. The predicted octanol–water partition coefficient (Wildman–Crippen LogP) is 2.60. The molecule has 0 aliphatic heterocycles. The average molecular weight is 289 g/mol. The van der Waals surface area contributed by atoms with Gasteiger partial charge in [0.25, 0.3) is 0 Å². The fourth-order valence-electron chi connectivity index (χ4n) is 2.15. The minimum Gasteiger partial charge on any atom is -0.492 e. The first-order valence-electron chi connectivity index (χ1n) is 7.66. The van der Waals surface area contributed by atoms with Crippen molar-refractivity contribution in [2.45, 2.75) is 19.8 Å². The number of hydrogen-bond acceptors (Lipinski definition) is 4. The maximum Gasteiger partial charge on any atom is 0.137 e. The Morgan fingerprint density at radius 2 is 1.86 bits per heavy atom. The SMILES string of the molecule is CCCN(CCCOc1ccccc1C#N)CCN(C)C. The van der Waals surface area contributed by atoms with Gasteiger partial charge in [-0.05, 0) is 45.6 Å². The fourth-order valence-corrected chi connectivity index (χ4v) is 2.15. The van der Waals surface area contributed by atoms with E-state index in [1.807, 2.05) is 18.2 Å². The van der Waals surface area contributed by atoms with E-state index in [0.29, 0.717) is 17.9 Å². The maximum absolute atomic E-state index is 9.01. The highest BCUT2D eigenvalue weighted by Crippen LogP contribution is 2.16. The molecule has 0 amide bonds. The third kappa shape index (κ3) is 7.12. The van der Waals surface area contributed by atoms with E-state index in [1.165, 1.54) is 6.42 Å². The highest BCUT2D eigenvalue weighted by molar-refractivity contribution is 5.42. The van der Waals surface area contributed by atoms with Crippen molar-refractivity contribution >= 4 is 0 Å². The lowest BCUT2D eigenvalue weighted by Crippen LogP contribution is -2.33. The van der Waals surface area contributed by atoms with Crippen LogP contribution in [0.15, 0.2) is 24.3 Å². The molecule has 0 bridgehead atoms. The van der Waals surface area contributed by atoms with E-state index in [-0.39, 0.29) is 0 Å². The smallest absolute Gasteiger partial charge is 0.137 e. The Labute approximate surface area is 128 Å². The standard InChI is InChI=1S/C17H27N3O/c1-4-10-20(13-12-19(2)3)11-7-14-21-17-9-6-5-8-16(17)15-18/h5-6,8-9H,4,7,10-14H2,1-3H3. The molecule has 0 unspecified atom stereocenters. The summed E-state index contributed by atoms with van der Waals surface area (Å²) in [6, 6.07) is 9.56. The Balaban J connectivity index is 2.32. The number of rotatable bonds is 10. The van der Waals surface area contributed by atoms with Crippen molar-refractivity contribution < 1.29 is 4.74 Å². The first-order chi connectivity index (χ1) is 10.2. The van der Waals surface area contributed by atoms with Gasteiger partial charge in [-0.2, -0.15) is 5.26 Å². The molecule has 116 valence electrons. The second-order valence-corrected chi connectivity index (χ2v) is 5.45. The monoisotopic (exact) mass is 289 g/mol. The Kier molecular flexibility index (Phi) is 8.49. The summed E-state index contributed by atoms with van der Waals surface area (Å²) in [5.74, 6) is 0.690. The molecule has 4 heteroatoms. The first-order valence-corrected chi connectivity index (χ1v) is 7.66. The van der Waals surface area contributed by atoms with Crippen molar-refractivity contribution in [3.05, 3.63) is 29.8 Å². The molecule has 1 rings (SSSR count). The van der Waals surface area contributed by atoms with Crippen LogP contribution in [0.2, 0.25) is 0 Å². The van der Waals surface area contributed by atoms with Crippen molar-refractivity contribution in [2.24, 2.45) is 0 Å². The van der Waals surface area contributed by atoms with Crippen molar-refractivity contribution in [1.29, 1.82) is 5.26 Å². The van der Waals surface area contributed by atoms with E-state index in [1.54, 1.807) is 6.07 Å². The maximum atomic E-state index is 9.01. The summed E-state index contributed by atoms with van der Waals surface area (Å²) in [4.78, 5) is 4.68. The van der Waals surface area contributed by atoms with Gasteiger partial charge in [-0.25, -0.2) is 0 Å². The molecule has 0 N–H and O–H groups in total. The molecular formula is C17H27N3O. The minimum absolute atomic E-state index is 0.607. The number of nitrogens with zero attached hydrogens (tertiary/aromatic N) is 3. The van der Waals surface area contributed by atoms with Gasteiger partial charge in [0.2, 0.25) is 0 Å². The fraction of sp³-hybridized carbons (Fsp3) is 0.588. The van der Waals surface area contributed by atoms with E-state index in [2.05, 4.69) is 36.9 Å². The van der Waals surface area contributed by atoms with Crippen LogP contribution in [0.4, 0.5) is 0 Å². The zero-order valence-corrected chi connectivity index (χ0v) is 13.5. The number of hydrogen-bond donors (Lipinski definition) is 0. The van der Waals surface area contributed by atoms with Crippen LogP contribution in [-0.4, -0.2) is 56.7 Å². The van der Waals surface area contributed by atoms with Gasteiger partial charge in [0.15, 0.2) is 0 Å². The zero-order valence-electron chi connectivity index (χ0n) is 13.5. The summed E-state index contributed by atoms with van der Waals surface area (Å²) < 4.78 is 5.72. The van der Waals surface area contributed by atoms with Crippen molar-refractivity contribution in [1.82, 2.24) is 9.80 Å². The molecule has 0 radical (unpaired) electrons. The van der Waals surface area contributed by atoms with Gasteiger partial charge in [0.1, 0.15) is 11.8 Å². The Bertz CT molecular complexity index is 440. The van der Waals surface area contributed by atoms with Crippen LogP contribution in [0.25, 0.3) is 0 Å². The summed E-state index contributed by atoms with van der Waals surface area (Å²) in [6.45, 7) is 7.20. The number of benzene rings is 1. The summed E-state index contributed by atoms with van der Waals surface area (Å²) in [6.07, 6.45) is 2.15. The minimum atomic E-state index is 0.607. The zero-order chi connectivity index (χ0) is 15.5. The summed E-state index contributed by atoms with van der Waals surface area (Å²) in [5, 5.41) is 9.01. The van der Waals surface area contributed by atoms with Gasteiger partial charge < -0.3 is 14.5 Å². The lowest BCUT2D eigenvalue weighted by Gasteiger charge is -2.23. The van der Waals surface area contributed by atoms with Crippen LogP contribution in [0, 0.1) is 11.3 Å². The van der Waals surface area contributed by atoms with Gasteiger partial charge in [-0.3, -0.25) is 0 Å². The van der Waals surface area contributed by atoms with Crippen LogP contribution in [0.1, 0.15) is 25.3 Å².